The molecule has 0 aromatic heterocycles. The number of carboxylic acid groups (broad SMARTS) is 1. The van der Waals surface area contributed by atoms with Gasteiger partial charge in [-0.1, -0.05) is 25.5 Å². The van der Waals surface area contributed by atoms with Crippen molar-refractivity contribution in [2.45, 2.75) is 32.6 Å². The monoisotopic (exact) mass is 216 g/mol. The minimum Gasteiger partial charge on any atom is -0.870 e. The molecular weight excluding hydrogens is 200 g/mol. The number of unbranched alkanes of at least 4 members (excludes halogenated alkanes) is 1. The van der Waals surface area contributed by atoms with Gasteiger partial charge >= 0.3 is 43.7 Å². The average Bonchev–Trinajstić information content (AvgIpc) is 1.87. The average molecular weight is 216 g/mol. The van der Waals surface area contributed by atoms with E-state index in [-0.39, 0.29) is 55.1 Å². The van der Waals surface area contributed by atoms with Crippen molar-refractivity contribution in [3.8, 4) is 0 Å². The molecule has 0 aliphatic heterocycles. The molecule has 0 fully saturated rings. The van der Waals surface area contributed by atoms with E-state index in [9.17, 15) is 4.79 Å². The fourth-order valence-electron chi connectivity index (χ4n) is 0.609. The van der Waals surface area contributed by atoms with Crippen molar-refractivity contribution in [1.82, 2.24) is 0 Å². The maximum absolute atomic E-state index is 10.00. The molecule has 4 nitrogen and oxygen atoms in total. The predicted molar refractivity (Wildman–Crippen MR) is 50.5 cm³/mol. The molecule has 0 aromatic rings. The Hall–Kier alpha value is 0.390. The summed E-state index contributed by atoms with van der Waals surface area (Å²) in [6.45, 7) is 2.10. The predicted octanol–water partition coefficient (Wildman–Crippen LogP) is 1.47. The van der Waals surface area contributed by atoms with Gasteiger partial charge in [0.1, 0.15) is 0 Å². The Bertz CT molecular complexity index is 125. The number of hydrogen-bond acceptors (Lipinski definition) is 3. The molecule has 0 amide bonds. The third-order valence-corrected chi connectivity index (χ3v) is 1.15. The molecule has 13 heavy (non-hydrogen) atoms. The van der Waals surface area contributed by atoms with E-state index >= 15 is 0 Å². The van der Waals surface area contributed by atoms with Crippen LogP contribution in [0.3, 0.4) is 0 Å². The van der Waals surface area contributed by atoms with Gasteiger partial charge in [0.25, 0.3) is 0 Å². The molecule has 0 rings (SSSR count). The first-order valence-electron chi connectivity index (χ1n) is 3.64. The number of carbonyl (C=O) groups is 1. The summed E-state index contributed by atoms with van der Waals surface area (Å²) in [6, 6.07) is 0. The summed E-state index contributed by atoms with van der Waals surface area (Å²) in [5.74, 6) is -0.721. The first-order chi connectivity index (χ1) is 4.77. The molecule has 0 radical (unpaired) electrons. The summed E-state index contributed by atoms with van der Waals surface area (Å²) in [7, 11) is 0. The van der Waals surface area contributed by atoms with Crippen molar-refractivity contribution in [2.24, 2.45) is 0 Å². The van der Waals surface area contributed by atoms with E-state index < -0.39 is 5.97 Å². The molecule has 5 heteroatoms. The summed E-state index contributed by atoms with van der Waals surface area (Å²) in [5.41, 5.74) is 0. The van der Waals surface area contributed by atoms with Gasteiger partial charge in [-0.3, -0.25) is 4.79 Å². The Morgan fingerprint density at radius 3 is 2.08 bits per heavy atom. The molecule has 0 spiro atoms. The first kappa shape index (κ1) is 23.3. The molecular formula is C8H16CaO4. The topological polar surface area (TPSA) is 97.3 Å². The first-order valence-corrected chi connectivity index (χ1v) is 3.64. The second-order valence-electron chi connectivity index (χ2n) is 2.19. The SMILES string of the molecule is CCC/C=C\CCC(=O)O.[Ca+2].[OH-].[OH-]. The van der Waals surface area contributed by atoms with Gasteiger partial charge in [-0.25, -0.2) is 0 Å². The van der Waals surface area contributed by atoms with Gasteiger partial charge in [0, 0.05) is 6.42 Å². The minimum absolute atomic E-state index is 0. The van der Waals surface area contributed by atoms with Crippen molar-refractivity contribution in [2.75, 3.05) is 0 Å². The number of allylic oxidation sites excluding steroid dienone is 2. The third kappa shape index (κ3) is 24.5. The molecule has 0 bridgehead atoms. The van der Waals surface area contributed by atoms with Gasteiger partial charge in [-0.15, -0.1) is 0 Å². The summed E-state index contributed by atoms with van der Waals surface area (Å²) >= 11 is 0. The van der Waals surface area contributed by atoms with Crippen LogP contribution in [0.2, 0.25) is 0 Å². The third-order valence-electron chi connectivity index (χ3n) is 1.15. The maximum Gasteiger partial charge on any atom is 2.00 e. The van der Waals surface area contributed by atoms with Crippen LogP contribution in [0.25, 0.3) is 0 Å². The van der Waals surface area contributed by atoms with Gasteiger partial charge in [0.05, 0.1) is 0 Å². The second kappa shape index (κ2) is 18.2. The fourth-order valence-corrected chi connectivity index (χ4v) is 0.609. The van der Waals surface area contributed by atoms with Crippen LogP contribution in [0, 0.1) is 0 Å². The van der Waals surface area contributed by atoms with Gasteiger partial charge in [-0.2, -0.15) is 0 Å². The molecule has 0 aliphatic carbocycles. The van der Waals surface area contributed by atoms with Crippen molar-refractivity contribution in [1.29, 1.82) is 0 Å². The van der Waals surface area contributed by atoms with E-state index in [1.807, 2.05) is 12.2 Å². The van der Waals surface area contributed by atoms with Crippen LogP contribution in [-0.4, -0.2) is 59.8 Å². The number of rotatable bonds is 5. The van der Waals surface area contributed by atoms with Gasteiger partial charge in [-0.05, 0) is 12.8 Å². The molecule has 3 N–H and O–H groups in total. The molecule has 0 atom stereocenters. The Labute approximate surface area is 109 Å². The quantitative estimate of drug-likeness (QED) is 0.555. The summed E-state index contributed by atoms with van der Waals surface area (Å²) < 4.78 is 0. The van der Waals surface area contributed by atoms with Gasteiger partial charge < -0.3 is 16.1 Å². The van der Waals surface area contributed by atoms with Crippen LogP contribution in [-0.2, 0) is 4.79 Å². The van der Waals surface area contributed by atoms with E-state index in [0.717, 1.165) is 12.8 Å². The molecule has 74 valence electrons. The minimum atomic E-state index is -0.721. The normalized spacial score (nSPS) is 8.08. The van der Waals surface area contributed by atoms with Crippen LogP contribution in [0.1, 0.15) is 32.6 Å². The van der Waals surface area contributed by atoms with Crippen LogP contribution in [0.5, 0.6) is 0 Å². The molecule has 0 unspecified atom stereocenters. The zero-order valence-corrected chi connectivity index (χ0v) is 10.1. The zero-order chi connectivity index (χ0) is 7.82. The van der Waals surface area contributed by atoms with E-state index in [1.54, 1.807) is 0 Å². The zero-order valence-electron chi connectivity index (χ0n) is 7.94. The van der Waals surface area contributed by atoms with Crippen LogP contribution in [0.15, 0.2) is 12.2 Å². The van der Waals surface area contributed by atoms with Crippen LogP contribution in [0.4, 0.5) is 0 Å². The molecule has 0 heterocycles. The fraction of sp³-hybridized carbons (Fsp3) is 0.625. The molecule has 0 saturated heterocycles. The summed E-state index contributed by atoms with van der Waals surface area (Å²) in [4.78, 5) is 10.00. The summed E-state index contributed by atoms with van der Waals surface area (Å²) in [5, 5.41) is 8.24. The Kier molecular flexibility index (Phi) is 32.7. The number of carboxylic acids is 1. The van der Waals surface area contributed by atoms with E-state index in [0.29, 0.717) is 6.42 Å². The Morgan fingerprint density at radius 2 is 1.69 bits per heavy atom. The van der Waals surface area contributed by atoms with E-state index in [2.05, 4.69) is 6.92 Å². The Morgan fingerprint density at radius 1 is 1.23 bits per heavy atom. The second-order valence-corrected chi connectivity index (χ2v) is 2.19. The van der Waals surface area contributed by atoms with Crippen molar-refractivity contribution in [3.63, 3.8) is 0 Å². The Balaban J connectivity index is -0.000000135. The number of aliphatic carboxylic acids is 1. The maximum atomic E-state index is 10.00. The molecule has 0 aromatic carbocycles. The van der Waals surface area contributed by atoms with Gasteiger partial charge in [0.2, 0.25) is 0 Å². The van der Waals surface area contributed by atoms with E-state index in [1.165, 1.54) is 0 Å². The summed E-state index contributed by atoms with van der Waals surface area (Å²) in [6.07, 6.45) is 7.05. The van der Waals surface area contributed by atoms with Crippen molar-refractivity contribution >= 4 is 43.7 Å². The molecule has 0 saturated carbocycles. The molecule has 0 aliphatic rings. The smallest absolute Gasteiger partial charge is 0.870 e. The largest absolute Gasteiger partial charge is 2.00 e. The van der Waals surface area contributed by atoms with Crippen molar-refractivity contribution in [3.05, 3.63) is 12.2 Å². The number of hydrogen-bond donors (Lipinski definition) is 1. The van der Waals surface area contributed by atoms with Gasteiger partial charge in [0.15, 0.2) is 0 Å². The standard InChI is InChI=1S/C8H14O2.Ca.2H2O/c1-2-3-4-5-6-7-8(9)10;;;/h4-5H,2-3,6-7H2,1H3,(H,9,10);;2*1H2/q;+2;;/p-2/b5-4-;;;. The van der Waals surface area contributed by atoms with Crippen LogP contribution < -0.4 is 0 Å². The van der Waals surface area contributed by atoms with Crippen LogP contribution >= 0.6 is 0 Å². The van der Waals surface area contributed by atoms with Crippen molar-refractivity contribution < 1.29 is 20.9 Å². The van der Waals surface area contributed by atoms with E-state index in [4.69, 9.17) is 5.11 Å².